The van der Waals surface area contributed by atoms with Gasteiger partial charge in [-0.25, -0.2) is 4.98 Å². The van der Waals surface area contributed by atoms with Gasteiger partial charge in [0.15, 0.2) is 5.13 Å². The summed E-state index contributed by atoms with van der Waals surface area (Å²) in [5.74, 6) is -0.00873. The SMILES string of the molecule is CC(=O)Nc1nc2c(s1)CN(C(=O)Cc1ccc(-c3ccccc3)cc1)CC2. The van der Waals surface area contributed by atoms with Crippen LogP contribution >= 0.6 is 11.3 Å². The van der Waals surface area contributed by atoms with Crippen molar-refractivity contribution in [2.24, 2.45) is 0 Å². The van der Waals surface area contributed by atoms with Crippen molar-refractivity contribution in [1.82, 2.24) is 9.88 Å². The number of amides is 2. The van der Waals surface area contributed by atoms with E-state index in [2.05, 4.69) is 34.6 Å². The van der Waals surface area contributed by atoms with Crippen molar-refractivity contribution >= 4 is 28.3 Å². The maximum atomic E-state index is 12.8. The van der Waals surface area contributed by atoms with Crippen molar-refractivity contribution in [3.05, 3.63) is 70.7 Å². The molecule has 142 valence electrons. The van der Waals surface area contributed by atoms with Crippen LogP contribution in [0.25, 0.3) is 11.1 Å². The summed E-state index contributed by atoms with van der Waals surface area (Å²) in [7, 11) is 0. The molecule has 2 heterocycles. The molecule has 5 nitrogen and oxygen atoms in total. The normalized spacial score (nSPS) is 13.1. The molecule has 0 aliphatic carbocycles. The highest BCUT2D eigenvalue weighted by atomic mass is 32.1. The van der Waals surface area contributed by atoms with Gasteiger partial charge in [0.1, 0.15) is 0 Å². The van der Waals surface area contributed by atoms with Gasteiger partial charge in [-0.15, -0.1) is 0 Å². The highest BCUT2D eigenvalue weighted by Crippen LogP contribution is 2.28. The van der Waals surface area contributed by atoms with Gasteiger partial charge in [0.05, 0.1) is 18.7 Å². The second kappa shape index (κ2) is 7.94. The molecule has 1 aromatic heterocycles. The van der Waals surface area contributed by atoms with Crippen LogP contribution in [0, 0.1) is 0 Å². The van der Waals surface area contributed by atoms with E-state index in [-0.39, 0.29) is 11.8 Å². The molecule has 2 amide bonds. The molecular formula is C22H21N3O2S. The van der Waals surface area contributed by atoms with Crippen LogP contribution < -0.4 is 5.32 Å². The average Bonchev–Trinajstić information content (AvgIpc) is 3.09. The van der Waals surface area contributed by atoms with Crippen LogP contribution in [0.5, 0.6) is 0 Å². The Labute approximate surface area is 168 Å². The second-order valence-corrected chi connectivity index (χ2v) is 7.96. The van der Waals surface area contributed by atoms with Crippen molar-refractivity contribution in [2.45, 2.75) is 26.3 Å². The molecule has 6 heteroatoms. The smallest absolute Gasteiger partial charge is 0.227 e. The number of aromatic nitrogens is 1. The number of rotatable bonds is 4. The first kappa shape index (κ1) is 18.4. The molecule has 1 N–H and O–H groups in total. The van der Waals surface area contributed by atoms with E-state index in [1.165, 1.54) is 23.8 Å². The van der Waals surface area contributed by atoms with E-state index < -0.39 is 0 Å². The van der Waals surface area contributed by atoms with Gasteiger partial charge < -0.3 is 10.2 Å². The number of anilines is 1. The number of fused-ring (bicyclic) bond motifs is 1. The molecule has 0 saturated heterocycles. The third-order valence-corrected chi connectivity index (χ3v) is 5.78. The third kappa shape index (κ3) is 4.12. The first-order chi connectivity index (χ1) is 13.6. The Morgan fingerprint density at radius 1 is 1.07 bits per heavy atom. The molecule has 0 radical (unpaired) electrons. The molecule has 1 aliphatic rings. The number of carbonyl (C=O) groups excluding carboxylic acids is 2. The number of carbonyl (C=O) groups is 2. The Hall–Kier alpha value is -2.99. The summed E-state index contributed by atoms with van der Waals surface area (Å²) in [6, 6.07) is 18.4. The second-order valence-electron chi connectivity index (χ2n) is 6.88. The summed E-state index contributed by atoms with van der Waals surface area (Å²) in [6.45, 7) is 2.70. The molecule has 0 atom stereocenters. The van der Waals surface area contributed by atoms with Crippen LogP contribution in [0.15, 0.2) is 54.6 Å². The number of thiazole rings is 1. The number of hydrogen-bond donors (Lipinski definition) is 1. The molecular weight excluding hydrogens is 370 g/mol. The molecule has 0 spiro atoms. The van der Waals surface area contributed by atoms with Crippen molar-refractivity contribution in [1.29, 1.82) is 0 Å². The summed E-state index contributed by atoms with van der Waals surface area (Å²) in [4.78, 5) is 31.4. The van der Waals surface area contributed by atoms with Gasteiger partial charge in [0.2, 0.25) is 11.8 Å². The Kier molecular flexibility index (Phi) is 5.21. The maximum absolute atomic E-state index is 12.8. The quantitative estimate of drug-likeness (QED) is 0.734. The van der Waals surface area contributed by atoms with Gasteiger partial charge >= 0.3 is 0 Å². The van der Waals surface area contributed by atoms with Crippen LogP contribution in [0.3, 0.4) is 0 Å². The fourth-order valence-electron chi connectivity index (χ4n) is 3.34. The zero-order valence-corrected chi connectivity index (χ0v) is 16.5. The zero-order valence-electron chi connectivity index (χ0n) is 15.6. The van der Waals surface area contributed by atoms with Crippen LogP contribution in [0.1, 0.15) is 23.1 Å². The predicted octanol–water partition coefficient (Wildman–Crippen LogP) is 3.90. The van der Waals surface area contributed by atoms with E-state index in [1.807, 2.05) is 35.2 Å². The lowest BCUT2D eigenvalue weighted by atomic mass is 10.0. The Morgan fingerprint density at radius 2 is 1.79 bits per heavy atom. The summed E-state index contributed by atoms with van der Waals surface area (Å²) in [5.41, 5.74) is 4.32. The number of nitrogens with zero attached hydrogens (tertiary/aromatic N) is 2. The molecule has 0 bridgehead atoms. The summed E-state index contributed by atoms with van der Waals surface area (Å²) in [6.07, 6.45) is 1.12. The minimum absolute atomic E-state index is 0.118. The van der Waals surface area contributed by atoms with E-state index in [0.29, 0.717) is 24.6 Å². The van der Waals surface area contributed by atoms with Gasteiger partial charge in [-0.05, 0) is 16.7 Å². The maximum Gasteiger partial charge on any atom is 0.227 e. The van der Waals surface area contributed by atoms with Gasteiger partial charge in [0.25, 0.3) is 0 Å². The van der Waals surface area contributed by atoms with E-state index in [0.717, 1.165) is 28.1 Å². The van der Waals surface area contributed by atoms with Crippen molar-refractivity contribution < 1.29 is 9.59 Å². The average molecular weight is 391 g/mol. The van der Waals surface area contributed by atoms with E-state index in [1.54, 1.807) is 0 Å². The van der Waals surface area contributed by atoms with E-state index >= 15 is 0 Å². The fourth-order valence-corrected chi connectivity index (χ4v) is 4.41. The first-order valence-corrected chi connectivity index (χ1v) is 10.1. The molecule has 3 aromatic rings. The first-order valence-electron chi connectivity index (χ1n) is 9.27. The number of nitrogens with one attached hydrogen (secondary N) is 1. The van der Waals surface area contributed by atoms with Crippen LogP contribution in [0.4, 0.5) is 5.13 Å². The summed E-state index contributed by atoms with van der Waals surface area (Å²) >= 11 is 1.45. The summed E-state index contributed by atoms with van der Waals surface area (Å²) in [5, 5.41) is 3.34. The van der Waals surface area contributed by atoms with Crippen molar-refractivity contribution in [2.75, 3.05) is 11.9 Å². The van der Waals surface area contributed by atoms with Crippen molar-refractivity contribution in [3.8, 4) is 11.1 Å². The molecule has 2 aromatic carbocycles. The van der Waals surface area contributed by atoms with Crippen LogP contribution in [0.2, 0.25) is 0 Å². The van der Waals surface area contributed by atoms with Crippen molar-refractivity contribution in [3.63, 3.8) is 0 Å². The predicted molar refractivity (Wildman–Crippen MR) is 111 cm³/mol. The zero-order chi connectivity index (χ0) is 19.5. The fraction of sp³-hybridized carbons (Fsp3) is 0.227. The molecule has 0 unspecified atom stereocenters. The Bertz CT molecular complexity index is 996. The van der Waals surface area contributed by atoms with Gasteiger partial charge in [-0.1, -0.05) is 65.9 Å². The molecule has 28 heavy (non-hydrogen) atoms. The lowest BCUT2D eigenvalue weighted by Gasteiger charge is -2.26. The van der Waals surface area contributed by atoms with Crippen LogP contribution in [-0.4, -0.2) is 28.2 Å². The topological polar surface area (TPSA) is 62.3 Å². The standard InChI is InChI=1S/C22H21N3O2S/c1-15(26)23-22-24-19-11-12-25(14-20(19)28-22)21(27)13-16-7-9-18(10-8-16)17-5-3-2-4-6-17/h2-10H,11-14H2,1H3,(H,23,24,26). The highest BCUT2D eigenvalue weighted by Gasteiger charge is 2.24. The largest absolute Gasteiger partial charge is 0.337 e. The summed E-state index contributed by atoms with van der Waals surface area (Å²) < 4.78 is 0. The molecule has 4 rings (SSSR count). The Balaban J connectivity index is 1.40. The third-order valence-electron chi connectivity index (χ3n) is 4.78. The minimum atomic E-state index is -0.127. The minimum Gasteiger partial charge on any atom is -0.337 e. The lowest BCUT2D eigenvalue weighted by molar-refractivity contribution is -0.131. The van der Waals surface area contributed by atoms with Gasteiger partial charge in [0, 0.05) is 24.8 Å². The monoisotopic (exact) mass is 391 g/mol. The molecule has 1 aliphatic heterocycles. The van der Waals surface area contributed by atoms with Gasteiger partial charge in [-0.2, -0.15) is 0 Å². The number of hydrogen-bond acceptors (Lipinski definition) is 4. The molecule has 0 fully saturated rings. The van der Waals surface area contributed by atoms with E-state index in [9.17, 15) is 9.59 Å². The Morgan fingerprint density at radius 3 is 2.50 bits per heavy atom. The van der Waals surface area contributed by atoms with Crippen LogP contribution in [-0.2, 0) is 29.0 Å². The van der Waals surface area contributed by atoms with Gasteiger partial charge in [-0.3, -0.25) is 9.59 Å². The highest BCUT2D eigenvalue weighted by molar-refractivity contribution is 7.15. The van der Waals surface area contributed by atoms with E-state index in [4.69, 9.17) is 0 Å². The lowest BCUT2D eigenvalue weighted by Crippen LogP contribution is -2.36. The molecule has 0 saturated carbocycles. The number of benzene rings is 2.